The topological polar surface area (TPSA) is 83.6 Å². The van der Waals surface area contributed by atoms with Gasteiger partial charge >= 0.3 is 5.97 Å². The van der Waals surface area contributed by atoms with Gasteiger partial charge in [0, 0.05) is 18.7 Å². The lowest BCUT2D eigenvalue weighted by molar-refractivity contribution is -0.137. The van der Waals surface area contributed by atoms with Crippen LogP contribution in [0.2, 0.25) is 0 Å². The molecule has 6 heteroatoms. The molecule has 1 amide bonds. The summed E-state index contributed by atoms with van der Waals surface area (Å²) in [6, 6.07) is 10.7. The molecule has 0 fully saturated rings. The van der Waals surface area contributed by atoms with Crippen molar-refractivity contribution in [2.45, 2.75) is 0 Å². The van der Waals surface area contributed by atoms with E-state index < -0.39 is 11.9 Å². The fourth-order valence-corrected chi connectivity index (χ4v) is 1.58. The van der Waals surface area contributed by atoms with Gasteiger partial charge < -0.3 is 14.5 Å². The number of benzene rings is 1. The molecule has 0 spiro atoms. The van der Waals surface area contributed by atoms with Crippen molar-refractivity contribution < 1.29 is 19.2 Å². The Morgan fingerprint density at radius 1 is 1.32 bits per heavy atom. The Morgan fingerprint density at radius 2 is 2.00 bits per heavy atom. The smallest absolute Gasteiger partial charge is 0.323 e. The molecule has 0 aliphatic carbocycles. The van der Waals surface area contributed by atoms with Gasteiger partial charge in [-0.15, -0.1) is 0 Å². The Balaban J connectivity index is 2.17. The molecule has 6 nitrogen and oxygen atoms in total. The van der Waals surface area contributed by atoms with Crippen molar-refractivity contribution in [3.8, 4) is 11.3 Å². The van der Waals surface area contributed by atoms with Gasteiger partial charge in [0.1, 0.15) is 12.2 Å². The third kappa shape index (κ3) is 2.98. The van der Waals surface area contributed by atoms with Gasteiger partial charge in [-0.05, 0) is 0 Å². The minimum absolute atomic E-state index is 0.0163. The molecule has 1 N–H and O–H groups in total. The van der Waals surface area contributed by atoms with Crippen LogP contribution in [0.25, 0.3) is 11.3 Å². The first-order chi connectivity index (χ1) is 9.08. The summed E-state index contributed by atoms with van der Waals surface area (Å²) >= 11 is 0. The highest BCUT2D eigenvalue weighted by atomic mass is 16.5. The van der Waals surface area contributed by atoms with E-state index in [1.807, 2.05) is 30.3 Å². The van der Waals surface area contributed by atoms with Crippen LogP contribution in [0.5, 0.6) is 0 Å². The van der Waals surface area contributed by atoms with Gasteiger partial charge in [0.05, 0.1) is 0 Å². The van der Waals surface area contributed by atoms with E-state index in [-0.39, 0.29) is 12.3 Å². The summed E-state index contributed by atoms with van der Waals surface area (Å²) in [5.41, 5.74) is 1.36. The molecule has 0 aliphatic rings. The molecule has 19 heavy (non-hydrogen) atoms. The minimum Gasteiger partial charge on any atom is -0.480 e. The minimum atomic E-state index is -1.08. The number of carbonyl (C=O) groups excluding carboxylic acids is 1. The monoisotopic (exact) mass is 260 g/mol. The third-order valence-corrected chi connectivity index (χ3v) is 2.51. The number of likely N-dealkylation sites (N-methyl/N-ethyl adjacent to an activating group) is 1. The van der Waals surface area contributed by atoms with E-state index in [2.05, 4.69) is 5.16 Å². The quantitative estimate of drug-likeness (QED) is 0.900. The summed E-state index contributed by atoms with van der Waals surface area (Å²) in [6.45, 7) is -0.389. The lowest BCUT2D eigenvalue weighted by Gasteiger charge is -2.11. The molecule has 0 saturated carbocycles. The van der Waals surface area contributed by atoms with E-state index in [1.165, 1.54) is 13.1 Å². The van der Waals surface area contributed by atoms with Crippen LogP contribution < -0.4 is 0 Å². The summed E-state index contributed by atoms with van der Waals surface area (Å²) in [7, 11) is 1.39. The zero-order chi connectivity index (χ0) is 13.8. The van der Waals surface area contributed by atoms with Crippen LogP contribution in [0.15, 0.2) is 40.9 Å². The first kappa shape index (κ1) is 12.8. The summed E-state index contributed by atoms with van der Waals surface area (Å²) in [4.78, 5) is 23.4. The Labute approximate surface area is 109 Å². The highest BCUT2D eigenvalue weighted by Crippen LogP contribution is 2.19. The van der Waals surface area contributed by atoms with Gasteiger partial charge in [0.2, 0.25) is 5.76 Å². The molecule has 0 atom stereocenters. The van der Waals surface area contributed by atoms with Gasteiger partial charge in [0.15, 0.2) is 0 Å². The van der Waals surface area contributed by atoms with Crippen molar-refractivity contribution in [3.63, 3.8) is 0 Å². The number of hydrogen-bond donors (Lipinski definition) is 1. The highest BCUT2D eigenvalue weighted by molar-refractivity contribution is 5.93. The van der Waals surface area contributed by atoms with E-state index in [0.717, 1.165) is 10.5 Å². The number of nitrogens with zero attached hydrogens (tertiary/aromatic N) is 2. The number of aromatic nitrogens is 1. The fourth-order valence-electron chi connectivity index (χ4n) is 1.58. The molecular formula is C13H12N2O4. The number of carbonyl (C=O) groups is 2. The largest absolute Gasteiger partial charge is 0.480 e. The Hall–Kier alpha value is -2.63. The number of rotatable bonds is 4. The maximum absolute atomic E-state index is 11.9. The number of aliphatic carboxylic acids is 1. The molecule has 0 saturated heterocycles. The van der Waals surface area contributed by atoms with E-state index in [1.54, 1.807) is 0 Å². The zero-order valence-electron chi connectivity index (χ0n) is 10.2. The van der Waals surface area contributed by atoms with Crippen LogP contribution in [0, 0.1) is 0 Å². The van der Waals surface area contributed by atoms with E-state index in [4.69, 9.17) is 9.63 Å². The first-order valence-corrected chi connectivity index (χ1v) is 5.57. The van der Waals surface area contributed by atoms with Crippen LogP contribution in [-0.2, 0) is 4.79 Å². The summed E-state index contributed by atoms with van der Waals surface area (Å²) in [5, 5.41) is 12.4. The predicted octanol–water partition coefficient (Wildman–Crippen LogP) is 1.50. The van der Waals surface area contributed by atoms with Crippen molar-refractivity contribution in [2.24, 2.45) is 0 Å². The van der Waals surface area contributed by atoms with Crippen molar-refractivity contribution in [2.75, 3.05) is 13.6 Å². The molecule has 0 unspecified atom stereocenters. The van der Waals surface area contributed by atoms with Gasteiger partial charge in [-0.1, -0.05) is 35.5 Å². The SMILES string of the molecule is CN(CC(=O)O)C(=O)c1cc(-c2ccccc2)no1. The van der Waals surface area contributed by atoms with Crippen LogP contribution >= 0.6 is 0 Å². The summed E-state index contributed by atoms with van der Waals surface area (Å²) < 4.78 is 4.95. The molecule has 1 heterocycles. The first-order valence-electron chi connectivity index (χ1n) is 5.57. The average Bonchev–Trinajstić information content (AvgIpc) is 2.87. The number of carboxylic acid groups (broad SMARTS) is 1. The fraction of sp³-hybridized carbons (Fsp3) is 0.154. The van der Waals surface area contributed by atoms with Gasteiger partial charge in [-0.25, -0.2) is 0 Å². The van der Waals surface area contributed by atoms with Crippen LogP contribution in [0.1, 0.15) is 10.6 Å². The van der Waals surface area contributed by atoms with Crippen molar-refractivity contribution >= 4 is 11.9 Å². The summed E-state index contributed by atoms with van der Waals surface area (Å²) in [6.07, 6.45) is 0. The second kappa shape index (κ2) is 5.34. The Kier molecular flexibility index (Phi) is 3.61. The van der Waals surface area contributed by atoms with Gasteiger partial charge in [0.25, 0.3) is 5.91 Å². The van der Waals surface area contributed by atoms with Gasteiger partial charge in [-0.2, -0.15) is 0 Å². The molecule has 1 aromatic carbocycles. The van der Waals surface area contributed by atoms with E-state index in [0.29, 0.717) is 5.69 Å². The molecule has 0 radical (unpaired) electrons. The highest BCUT2D eigenvalue weighted by Gasteiger charge is 2.19. The number of hydrogen-bond acceptors (Lipinski definition) is 4. The normalized spacial score (nSPS) is 10.2. The molecule has 2 aromatic rings. The molecule has 0 aliphatic heterocycles. The summed E-state index contributed by atoms with van der Waals surface area (Å²) in [5.74, 6) is -1.58. The second-order valence-corrected chi connectivity index (χ2v) is 4.00. The molecule has 98 valence electrons. The lowest BCUT2D eigenvalue weighted by Crippen LogP contribution is -2.31. The Bertz CT molecular complexity index is 592. The lowest BCUT2D eigenvalue weighted by atomic mass is 10.1. The second-order valence-electron chi connectivity index (χ2n) is 4.00. The van der Waals surface area contributed by atoms with Crippen LogP contribution in [0.3, 0.4) is 0 Å². The molecule has 2 rings (SSSR count). The molecular weight excluding hydrogens is 248 g/mol. The number of amides is 1. The van der Waals surface area contributed by atoms with E-state index >= 15 is 0 Å². The number of carboxylic acids is 1. The standard InChI is InChI=1S/C13H12N2O4/c1-15(8-12(16)17)13(18)11-7-10(14-19-11)9-5-3-2-4-6-9/h2-7H,8H2,1H3,(H,16,17). The Morgan fingerprint density at radius 3 is 2.63 bits per heavy atom. The van der Waals surface area contributed by atoms with Crippen LogP contribution in [-0.4, -0.2) is 40.6 Å². The average molecular weight is 260 g/mol. The maximum Gasteiger partial charge on any atom is 0.323 e. The molecule has 1 aromatic heterocycles. The van der Waals surface area contributed by atoms with Crippen LogP contribution in [0.4, 0.5) is 0 Å². The molecule has 0 bridgehead atoms. The third-order valence-electron chi connectivity index (χ3n) is 2.51. The van der Waals surface area contributed by atoms with Crippen molar-refractivity contribution in [3.05, 3.63) is 42.2 Å². The zero-order valence-corrected chi connectivity index (χ0v) is 10.2. The van der Waals surface area contributed by atoms with Crippen molar-refractivity contribution in [1.82, 2.24) is 10.1 Å². The van der Waals surface area contributed by atoms with E-state index in [9.17, 15) is 9.59 Å². The predicted molar refractivity (Wildman–Crippen MR) is 66.5 cm³/mol. The van der Waals surface area contributed by atoms with Crippen molar-refractivity contribution in [1.29, 1.82) is 0 Å². The maximum atomic E-state index is 11.9. The van der Waals surface area contributed by atoms with Gasteiger partial charge in [-0.3, -0.25) is 9.59 Å².